The number of rotatable bonds is 6. The van der Waals surface area contributed by atoms with Gasteiger partial charge in [-0.2, -0.15) is 0 Å². The molecule has 0 fully saturated rings. The van der Waals surface area contributed by atoms with Crippen molar-refractivity contribution in [2.45, 2.75) is 33.2 Å². The lowest BCUT2D eigenvalue weighted by atomic mass is 10.1. The van der Waals surface area contributed by atoms with Crippen molar-refractivity contribution in [3.63, 3.8) is 0 Å². The van der Waals surface area contributed by atoms with Crippen LogP contribution >= 0.6 is 0 Å². The second-order valence-corrected chi connectivity index (χ2v) is 5.14. The molecule has 19 heavy (non-hydrogen) atoms. The monoisotopic (exact) mass is 266 g/mol. The molecule has 0 aromatic heterocycles. The van der Waals surface area contributed by atoms with E-state index in [1.54, 1.807) is 6.92 Å². The van der Waals surface area contributed by atoms with Crippen molar-refractivity contribution in [3.05, 3.63) is 35.1 Å². The van der Waals surface area contributed by atoms with Crippen molar-refractivity contribution in [3.8, 4) is 0 Å². The summed E-state index contributed by atoms with van der Waals surface area (Å²) in [4.78, 5) is 14.1. The van der Waals surface area contributed by atoms with E-state index < -0.39 is 0 Å². The third kappa shape index (κ3) is 4.99. The molecule has 0 aliphatic carbocycles. The van der Waals surface area contributed by atoms with Gasteiger partial charge in [0, 0.05) is 18.2 Å². The number of hydrogen-bond donors (Lipinski definition) is 1. The first-order valence-electron chi connectivity index (χ1n) is 6.66. The second kappa shape index (κ2) is 7.24. The van der Waals surface area contributed by atoms with Gasteiger partial charge in [0.25, 0.3) is 5.91 Å². The molecule has 106 valence electrons. The Morgan fingerprint density at radius 3 is 2.68 bits per heavy atom. The van der Waals surface area contributed by atoms with Crippen LogP contribution in [0.5, 0.6) is 0 Å². The zero-order chi connectivity index (χ0) is 14.4. The zero-order valence-corrected chi connectivity index (χ0v) is 12.2. The molecule has 4 heteroatoms. The first-order chi connectivity index (χ1) is 8.91. The molecule has 1 N–H and O–H groups in total. The summed E-state index contributed by atoms with van der Waals surface area (Å²) in [6, 6.07) is 4.73. The van der Waals surface area contributed by atoms with Gasteiger partial charge in [0.1, 0.15) is 5.82 Å². The number of benzene rings is 1. The summed E-state index contributed by atoms with van der Waals surface area (Å²) >= 11 is 0. The summed E-state index contributed by atoms with van der Waals surface area (Å²) in [7, 11) is 2.07. The van der Waals surface area contributed by atoms with Crippen molar-refractivity contribution in [2.75, 3.05) is 20.1 Å². The van der Waals surface area contributed by atoms with Gasteiger partial charge >= 0.3 is 0 Å². The minimum Gasteiger partial charge on any atom is -0.352 e. The molecule has 0 spiro atoms. The minimum absolute atomic E-state index is 0.135. The number of aryl methyl sites for hydroxylation is 1. The van der Waals surface area contributed by atoms with Crippen LogP contribution in [0.1, 0.15) is 36.2 Å². The summed E-state index contributed by atoms with van der Waals surface area (Å²) in [5, 5.41) is 2.87. The Kier molecular flexibility index (Phi) is 5.96. The molecular formula is C15H23FN2O. The summed E-state index contributed by atoms with van der Waals surface area (Å²) in [5.74, 6) is -0.447. The van der Waals surface area contributed by atoms with Crippen LogP contribution in [-0.4, -0.2) is 37.0 Å². The van der Waals surface area contributed by atoms with E-state index in [9.17, 15) is 9.18 Å². The molecule has 0 heterocycles. The van der Waals surface area contributed by atoms with E-state index in [-0.39, 0.29) is 11.7 Å². The van der Waals surface area contributed by atoms with E-state index in [1.165, 1.54) is 18.2 Å². The Labute approximate surface area is 114 Å². The lowest BCUT2D eigenvalue weighted by molar-refractivity contribution is 0.0951. The molecule has 1 aromatic carbocycles. The van der Waals surface area contributed by atoms with Gasteiger partial charge in [-0.3, -0.25) is 4.79 Å². The lowest BCUT2D eigenvalue weighted by Gasteiger charge is -2.20. The van der Waals surface area contributed by atoms with Gasteiger partial charge < -0.3 is 10.2 Å². The first kappa shape index (κ1) is 15.6. The topological polar surface area (TPSA) is 32.3 Å². The quantitative estimate of drug-likeness (QED) is 0.803. The van der Waals surface area contributed by atoms with Crippen molar-refractivity contribution in [2.24, 2.45) is 0 Å². The van der Waals surface area contributed by atoms with E-state index in [0.717, 1.165) is 13.0 Å². The van der Waals surface area contributed by atoms with E-state index in [1.807, 2.05) is 0 Å². The van der Waals surface area contributed by atoms with Crippen LogP contribution in [0.2, 0.25) is 0 Å². The Morgan fingerprint density at radius 1 is 1.42 bits per heavy atom. The van der Waals surface area contributed by atoms with Crippen LogP contribution in [0, 0.1) is 12.7 Å². The maximum absolute atomic E-state index is 12.9. The van der Waals surface area contributed by atoms with Gasteiger partial charge in [0.2, 0.25) is 0 Å². The van der Waals surface area contributed by atoms with Gasteiger partial charge in [-0.1, -0.05) is 0 Å². The molecule has 1 amide bonds. The van der Waals surface area contributed by atoms with Crippen molar-refractivity contribution in [1.29, 1.82) is 0 Å². The average molecular weight is 266 g/mol. The van der Waals surface area contributed by atoms with Crippen LogP contribution in [0.15, 0.2) is 18.2 Å². The molecule has 3 nitrogen and oxygen atoms in total. The average Bonchev–Trinajstić information content (AvgIpc) is 2.33. The summed E-state index contributed by atoms with van der Waals surface area (Å²) in [6.45, 7) is 7.60. The second-order valence-electron chi connectivity index (χ2n) is 5.14. The van der Waals surface area contributed by atoms with Crippen LogP contribution < -0.4 is 5.32 Å². The third-order valence-electron chi connectivity index (χ3n) is 3.29. The Bertz CT molecular complexity index is 432. The molecule has 0 saturated carbocycles. The van der Waals surface area contributed by atoms with Gasteiger partial charge in [-0.15, -0.1) is 0 Å². The normalized spacial score (nSPS) is 11.1. The van der Waals surface area contributed by atoms with Crippen LogP contribution in [0.3, 0.4) is 0 Å². The summed E-state index contributed by atoms with van der Waals surface area (Å²) < 4.78 is 12.9. The van der Waals surface area contributed by atoms with Gasteiger partial charge in [0.15, 0.2) is 0 Å². The van der Waals surface area contributed by atoms with Crippen LogP contribution in [-0.2, 0) is 0 Å². The highest BCUT2D eigenvalue weighted by Crippen LogP contribution is 2.09. The molecule has 0 unspecified atom stereocenters. The number of nitrogens with one attached hydrogen (secondary N) is 1. The van der Waals surface area contributed by atoms with Gasteiger partial charge in [-0.05, 0) is 64.5 Å². The van der Waals surface area contributed by atoms with E-state index in [4.69, 9.17) is 0 Å². The number of hydrogen-bond acceptors (Lipinski definition) is 2. The fourth-order valence-corrected chi connectivity index (χ4v) is 1.77. The first-order valence-corrected chi connectivity index (χ1v) is 6.66. The maximum Gasteiger partial charge on any atom is 0.251 e. The molecule has 0 saturated heterocycles. The van der Waals surface area contributed by atoms with Crippen molar-refractivity contribution in [1.82, 2.24) is 10.2 Å². The molecule has 0 aliphatic rings. The fourth-order valence-electron chi connectivity index (χ4n) is 1.77. The predicted molar refractivity (Wildman–Crippen MR) is 75.9 cm³/mol. The highest BCUT2D eigenvalue weighted by molar-refractivity contribution is 5.95. The van der Waals surface area contributed by atoms with E-state index in [0.29, 0.717) is 23.7 Å². The van der Waals surface area contributed by atoms with Crippen molar-refractivity contribution >= 4 is 5.91 Å². The number of carbonyl (C=O) groups is 1. The number of nitrogens with zero attached hydrogens (tertiary/aromatic N) is 1. The van der Waals surface area contributed by atoms with Gasteiger partial charge in [0.05, 0.1) is 0 Å². The number of amides is 1. The molecule has 0 aliphatic heterocycles. The van der Waals surface area contributed by atoms with Crippen LogP contribution in [0.4, 0.5) is 4.39 Å². The number of carbonyl (C=O) groups excluding carboxylic acids is 1. The summed E-state index contributed by atoms with van der Waals surface area (Å²) in [5.41, 5.74) is 1.20. The predicted octanol–water partition coefficient (Wildman–Crippen LogP) is 2.59. The molecule has 0 radical (unpaired) electrons. The maximum atomic E-state index is 12.9. The SMILES string of the molecule is Cc1cc(F)ccc1C(=O)NCCCN(C)C(C)C. The Hall–Kier alpha value is -1.42. The third-order valence-corrected chi connectivity index (χ3v) is 3.29. The van der Waals surface area contributed by atoms with Crippen LogP contribution in [0.25, 0.3) is 0 Å². The largest absolute Gasteiger partial charge is 0.352 e. The standard InChI is InChI=1S/C15H23FN2O/c1-11(2)18(4)9-5-8-17-15(19)14-7-6-13(16)10-12(14)3/h6-7,10-11H,5,8-9H2,1-4H3,(H,17,19). The molecule has 0 bridgehead atoms. The van der Waals surface area contributed by atoms with Gasteiger partial charge in [-0.25, -0.2) is 4.39 Å². The minimum atomic E-state index is -0.312. The lowest BCUT2D eigenvalue weighted by Crippen LogP contribution is -2.31. The van der Waals surface area contributed by atoms with E-state index >= 15 is 0 Å². The summed E-state index contributed by atoms with van der Waals surface area (Å²) in [6.07, 6.45) is 0.903. The highest BCUT2D eigenvalue weighted by Gasteiger charge is 2.09. The fraction of sp³-hybridized carbons (Fsp3) is 0.533. The number of halogens is 1. The Balaban J connectivity index is 2.39. The van der Waals surface area contributed by atoms with Crippen molar-refractivity contribution < 1.29 is 9.18 Å². The molecular weight excluding hydrogens is 243 g/mol. The van der Waals surface area contributed by atoms with E-state index in [2.05, 4.69) is 31.1 Å². The highest BCUT2D eigenvalue weighted by atomic mass is 19.1. The molecule has 0 atom stereocenters. The zero-order valence-electron chi connectivity index (χ0n) is 12.2. The smallest absolute Gasteiger partial charge is 0.251 e. The molecule has 1 rings (SSSR count). The molecule has 1 aromatic rings. The Morgan fingerprint density at radius 2 is 2.11 bits per heavy atom.